The lowest BCUT2D eigenvalue weighted by atomic mass is 10.3. The maximum absolute atomic E-state index is 10.4. The summed E-state index contributed by atoms with van der Waals surface area (Å²) in [6, 6.07) is 1.25. The Morgan fingerprint density at radius 1 is 1.60 bits per heavy atom. The van der Waals surface area contributed by atoms with Crippen molar-refractivity contribution >= 4 is 16.8 Å². The van der Waals surface area contributed by atoms with Crippen LogP contribution in [-0.2, 0) is 0 Å². The Morgan fingerprint density at radius 2 is 2.30 bits per heavy atom. The molecule has 3 nitrogen and oxygen atoms in total. The Hall–Kier alpha value is -1.09. The molecule has 0 aliphatic heterocycles. The molecule has 0 radical (unpaired) electrons. The van der Waals surface area contributed by atoms with E-state index in [0.717, 1.165) is 0 Å². The van der Waals surface area contributed by atoms with Crippen LogP contribution in [0.4, 0.5) is 0 Å². The topological polar surface area (TPSA) is 50.2 Å². The van der Waals surface area contributed by atoms with E-state index in [-0.39, 0.29) is 11.3 Å². The predicted octanol–water partition coefficient (Wildman–Crippen LogP) is 1.17. The predicted molar refractivity (Wildman–Crippen MR) is 36.1 cm³/mol. The van der Waals surface area contributed by atoms with E-state index in [1.807, 2.05) is 0 Å². The van der Waals surface area contributed by atoms with E-state index >= 15 is 0 Å². The van der Waals surface area contributed by atoms with Crippen molar-refractivity contribution in [1.82, 2.24) is 4.98 Å². The fourth-order valence-electron chi connectivity index (χ4n) is 0.535. The van der Waals surface area contributed by atoms with Crippen molar-refractivity contribution in [1.29, 1.82) is 0 Å². The van der Waals surface area contributed by atoms with E-state index < -0.39 is 5.24 Å². The van der Waals surface area contributed by atoms with Crippen LogP contribution in [0.15, 0.2) is 18.5 Å². The molecule has 0 amide bonds. The van der Waals surface area contributed by atoms with Gasteiger partial charge in [0.15, 0.2) is 0 Å². The summed E-state index contributed by atoms with van der Waals surface area (Å²) in [7, 11) is 0. The molecule has 1 aromatic heterocycles. The van der Waals surface area contributed by atoms with Gasteiger partial charge in [-0.25, -0.2) is 0 Å². The van der Waals surface area contributed by atoms with Gasteiger partial charge in [0.2, 0.25) is 0 Å². The van der Waals surface area contributed by atoms with Crippen LogP contribution >= 0.6 is 11.6 Å². The molecule has 1 rings (SSSR count). The van der Waals surface area contributed by atoms with Crippen molar-refractivity contribution in [2.45, 2.75) is 0 Å². The average Bonchev–Trinajstić information content (AvgIpc) is 1.88. The van der Waals surface area contributed by atoms with E-state index in [2.05, 4.69) is 4.98 Å². The Kier molecular flexibility index (Phi) is 1.87. The second-order valence-corrected chi connectivity index (χ2v) is 2.05. The number of carbonyl (C=O) groups is 1. The number of rotatable bonds is 1. The van der Waals surface area contributed by atoms with Gasteiger partial charge in [0.05, 0.1) is 11.8 Å². The monoisotopic (exact) mass is 157 g/mol. The van der Waals surface area contributed by atoms with Crippen LogP contribution in [0.1, 0.15) is 10.4 Å². The fraction of sp³-hybridized carbons (Fsp3) is 0. The minimum absolute atomic E-state index is 0.0634. The first-order chi connectivity index (χ1) is 4.70. The third kappa shape index (κ3) is 1.45. The fourth-order valence-corrected chi connectivity index (χ4v) is 0.639. The quantitative estimate of drug-likeness (QED) is 0.623. The van der Waals surface area contributed by atoms with Gasteiger partial charge >= 0.3 is 0 Å². The molecule has 52 valence electrons. The van der Waals surface area contributed by atoms with Crippen molar-refractivity contribution in [2.75, 3.05) is 0 Å². The molecule has 0 unspecified atom stereocenters. The van der Waals surface area contributed by atoms with Crippen molar-refractivity contribution in [3.05, 3.63) is 24.0 Å². The first-order valence-electron chi connectivity index (χ1n) is 2.54. The Bertz CT molecular complexity index is 262. The number of hydrogen-bond donors (Lipinski definition) is 1. The molecule has 4 heteroatoms. The Morgan fingerprint density at radius 3 is 2.70 bits per heavy atom. The molecule has 1 N–H and O–H groups in total. The summed E-state index contributed by atoms with van der Waals surface area (Å²) < 4.78 is 0. The summed E-state index contributed by atoms with van der Waals surface area (Å²) in [6.45, 7) is 0. The van der Waals surface area contributed by atoms with Crippen LogP contribution < -0.4 is 0 Å². The minimum atomic E-state index is -0.622. The second kappa shape index (κ2) is 2.66. The molecular weight excluding hydrogens is 154 g/mol. The molecule has 1 heterocycles. The van der Waals surface area contributed by atoms with Gasteiger partial charge in [-0.1, -0.05) is 0 Å². The molecule has 0 saturated carbocycles. The highest BCUT2D eigenvalue weighted by Gasteiger charge is 2.00. The summed E-state index contributed by atoms with van der Waals surface area (Å²) in [5.74, 6) is -0.0634. The lowest BCUT2D eigenvalue weighted by molar-refractivity contribution is 0.108. The van der Waals surface area contributed by atoms with E-state index in [1.165, 1.54) is 18.5 Å². The first kappa shape index (κ1) is 7.02. The van der Waals surface area contributed by atoms with Crippen molar-refractivity contribution < 1.29 is 9.90 Å². The lowest BCUT2D eigenvalue weighted by Crippen LogP contribution is -1.88. The average molecular weight is 158 g/mol. The Balaban J connectivity index is 3.07. The van der Waals surface area contributed by atoms with Crippen LogP contribution in [0.3, 0.4) is 0 Å². The molecule has 0 aromatic carbocycles. The summed E-state index contributed by atoms with van der Waals surface area (Å²) in [6.07, 6.45) is 2.51. The van der Waals surface area contributed by atoms with Crippen LogP contribution in [-0.4, -0.2) is 15.3 Å². The third-order valence-electron chi connectivity index (χ3n) is 0.951. The molecule has 0 atom stereocenters. The molecule has 0 aliphatic carbocycles. The zero-order chi connectivity index (χ0) is 7.56. The van der Waals surface area contributed by atoms with Crippen LogP contribution in [0, 0.1) is 0 Å². The van der Waals surface area contributed by atoms with Gasteiger partial charge in [0, 0.05) is 6.20 Å². The van der Waals surface area contributed by atoms with E-state index in [0.29, 0.717) is 0 Å². The number of carbonyl (C=O) groups excluding carboxylic acids is 1. The second-order valence-electron chi connectivity index (χ2n) is 1.71. The van der Waals surface area contributed by atoms with Crippen LogP contribution in [0.5, 0.6) is 5.75 Å². The lowest BCUT2D eigenvalue weighted by Gasteiger charge is -1.91. The summed E-state index contributed by atoms with van der Waals surface area (Å²) in [4.78, 5) is 14.0. The smallest absolute Gasteiger partial charge is 0.254 e. The normalized spacial score (nSPS) is 9.30. The highest BCUT2D eigenvalue weighted by Crippen LogP contribution is 2.09. The number of aromatic hydroxyl groups is 1. The number of aromatic nitrogens is 1. The standard InChI is InChI=1S/C6H4ClNO2/c7-6(10)4-1-5(9)3-8-2-4/h1-3,9H. The molecule has 0 fully saturated rings. The molecule has 0 saturated heterocycles. The first-order valence-corrected chi connectivity index (χ1v) is 2.92. The van der Waals surface area contributed by atoms with Gasteiger partial charge in [-0.3, -0.25) is 9.78 Å². The van der Waals surface area contributed by atoms with Gasteiger partial charge in [-0.05, 0) is 17.7 Å². The minimum Gasteiger partial charge on any atom is -0.506 e. The maximum Gasteiger partial charge on any atom is 0.254 e. The molecule has 1 aromatic rings. The van der Waals surface area contributed by atoms with Crippen molar-refractivity contribution in [3.63, 3.8) is 0 Å². The van der Waals surface area contributed by atoms with E-state index in [4.69, 9.17) is 16.7 Å². The highest BCUT2D eigenvalue weighted by atomic mass is 35.5. The van der Waals surface area contributed by atoms with Crippen molar-refractivity contribution in [2.24, 2.45) is 0 Å². The summed E-state index contributed by atoms with van der Waals surface area (Å²) in [5, 5.41) is 8.17. The van der Waals surface area contributed by atoms with Crippen molar-refractivity contribution in [3.8, 4) is 5.75 Å². The third-order valence-corrected chi connectivity index (χ3v) is 1.17. The summed E-state index contributed by atoms with van der Waals surface area (Å²) in [5.41, 5.74) is 0.196. The van der Waals surface area contributed by atoms with Gasteiger partial charge in [-0.2, -0.15) is 0 Å². The molecule has 0 aliphatic rings. The number of hydrogen-bond acceptors (Lipinski definition) is 3. The number of nitrogens with zero attached hydrogens (tertiary/aromatic N) is 1. The zero-order valence-corrected chi connectivity index (χ0v) is 5.67. The van der Waals surface area contributed by atoms with Gasteiger partial charge in [0.25, 0.3) is 5.24 Å². The largest absolute Gasteiger partial charge is 0.506 e. The van der Waals surface area contributed by atoms with Gasteiger partial charge in [-0.15, -0.1) is 0 Å². The molecule has 0 spiro atoms. The van der Waals surface area contributed by atoms with E-state index in [9.17, 15) is 4.79 Å². The Labute approximate surface area is 62.3 Å². The number of halogens is 1. The van der Waals surface area contributed by atoms with Crippen LogP contribution in [0.25, 0.3) is 0 Å². The van der Waals surface area contributed by atoms with Gasteiger partial charge < -0.3 is 5.11 Å². The number of pyridine rings is 1. The maximum atomic E-state index is 10.4. The van der Waals surface area contributed by atoms with Crippen LogP contribution in [0.2, 0.25) is 0 Å². The molecule has 0 bridgehead atoms. The molecular formula is C6H4ClNO2. The summed E-state index contributed by atoms with van der Waals surface area (Å²) >= 11 is 5.09. The SMILES string of the molecule is O=C(Cl)c1cncc(O)c1. The van der Waals surface area contributed by atoms with E-state index in [1.54, 1.807) is 0 Å². The zero-order valence-electron chi connectivity index (χ0n) is 4.91. The highest BCUT2D eigenvalue weighted by molar-refractivity contribution is 6.67. The van der Waals surface area contributed by atoms with Gasteiger partial charge in [0.1, 0.15) is 5.75 Å². The molecule has 10 heavy (non-hydrogen) atoms.